The molecule has 1 rings (SSSR count). The number of benzene rings is 1. The minimum absolute atomic E-state index is 0. The van der Waals surface area contributed by atoms with Crippen LogP contribution in [0.4, 0.5) is 0 Å². The molecule has 1 aromatic rings. The summed E-state index contributed by atoms with van der Waals surface area (Å²) < 4.78 is 0. The van der Waals surface area contributed by atoms with Crippen LogP contribution in [0.25, 0.3) is 6.08 Å². The lowest BCUT2D eigenvalue weighted by Crippen LogP contribution is -2.15. The summed E-state index contributed by atoms with van der Waals surface area (Å²) in [6, 6.07) is 10.4. The van der Waals surface area contributed by atoms with Crippen molar-refractivity contribution in [2.45, 2.75) is 6.92 Å². The van der Waals surface area contributed by atoms with Gasteiger partial charge in [0.15, 0.2) is 0 Å². The molecule has 0 amide bonds. The first-order valence-electron chi connectivity index (χ1n) is 4.87. The number of hydrogen-bond acceptors (Lipinski definition) is 1. The van der Waals surface area contributed by atoms with Gasteiger partial charge in [-0.05, 0) is 12.5 Å². The molecule has 0 heterocycles. The predicted octanol–water partition coefficient (Wildman–Crippen LogP) is 3.29. The average Bonchev–Trinajstić information content (AvgIpc) is 2.20. The van der Waals surface area contributed by atoms with Gasteiger partial charge in [-0.15, -0.1) is 19.0 Å². The Labute approximate surface area is 98.3 Å². The summed E-state index contributed by atoms with van der Waals surface area (Å²) >= 11 is 0. The second-order valence-corrected chi connectivity index (χ2v) is 3.32. The van der Waals surface area contributed by atoms with Crippen molar-refractivity contribution in [3.05, 3.63) is 54.1 Å². The second-order valence-electron chi connectivity index (χ2n) is 3.32. The molecule has 0 aromatic heterocycles. The Hall–Kier alpha value is -1.05. The molecule has 0 radical (unpaired) electrons. The van der Waals surface area contributed by atoms with Crippen LogP contribution >= 0.6 is 12.4 Å². The first-order chi connectivity index (χ1) is 6.83. The molecule has 0 spiro atoms. The van der Waals surface area contributed by atoms with E-state index >= 15 is 0 Å². The van der Waals surface area contributed by atoms with E-state index in [1.54, 1.807) is 0 Å². The summed E-state index contributed by atoms with van der Waals surface area (Å²) in [5.41, 5.74) is 2.59. The second kappa shape index (κ2) is 8.27. The minimum atomic E-state index is 0. The van der Waals surface area contributed by atoms with Crippen molar-refractivity contribution in [3.63, 3.8) is 0 Å². The van der Waals surface area contributed by atoms with Crippen LogP contribution in [0, 0.1) is 0 Å². The molecule has 0 aliphatic heterocycles. The highest BCUT2D eigenvalue weighted by Gasteiger charge is 1.89. The topological polar surface area (TPSA) is 12.0 Å². The molecule has 0 aliphatic carbocycles. The van der Waals surface area contributed by atoms with E-state index in [0.29, 0.717) is 0 Å². The average molecular weight is 224 g/mol. The highest BCUT2D eigenvalue weighted by atomic mass is 35.5. The molecule has 0 saturated carbocycles. The van der Waals surface area contributed by atoms with E-state index in [-0.39, 0.29) is 12.4 Å². The van der Waals surface area contributed by atoms with Gasteiger partial charge in [0.25, 0.3) is 0 Å². The highest BCUT2D eigenvalue weighted by molar-refractivity contribution is 5.85. The van der Waals surface area contributed by atoms with E-state index in [9.17, 15) is 0 Å². The molecule has 0 saturated heterocycles. The van der Waals surface area contributed by atoms with Gasteiger partial charge in [-0.25, -0.2) is 0 Å². The molecule has 0 unspecified atom stereocenters. The molecule has 0 aliphatic rings. The van der Waals surface area contributed by atoms with E-state index < -0.39 is 0 Å². The number of hydrogen-bond donors (Lipinski definition) is 1. The third-order valence-electron chi connectivity index (χ3n) is 1.91. The van der Waals surface area contributed by atoms with Crippen LogP contribution in [0.2, 0.25) is 0 Å². The van der Waals surface area contributed by atoms with E-state index in [1.165, 1.54) is 11.1 Å². The fourth-order valence-electron chi connectivity index (χ4n) is 1.26. The van der Waals surface area contributed by atoms with Gasteiger partial charge in [0.05, 0.1) is 0 Å². The fourth-order valence-corrected chi connectivity index (χ4v) is 1.26. The van der Waals surface area contributed by atoms with Gasteiger partial charge in [-0.2, -0.15) is 0 Å². The van der Waals surface area contributed by atoms with E-state index in [0.717, 1.165) is 13.1 Å². The van der Waals surface area contributed by atoms with Gasteiger partial charge in [-0.3, -0.25) is 0 Å². The van der Waals surface area contributed by atoms with Crippen molar-refractivity contribution in [2.24, 2.45) is 0 Å². The summed E-state index contributed by atoms with van der Waals surface area (Å²) in [7, 11) is 0. The Morgan fingerprint density at radius 3 is 2.60 bits per heavy atom. The quantitative estimate of drug-likeness (QED) is 0.597. The van der Waals surface area contributed by atoms with Crippen LogP contribution < -0.4 is 5.32 Å². The summed E-state index contributed by atoms with van der Waals surface area (Å²) in [6.45, 7) is 7.57. The largest absolute Gasteiger partial charge is 0.310 e. The lowest BCUT2D eigenvalue weighted by Gasteiger charge is -2.01. The predicted molar refractivity (Wildman–Crippen MR) is 70.4 cm³/mol. The normalized spacial score (nSPS) is 10.6. The summed E-state index contributed by atoms with van der Waals surface area (Å²) in [6.07, 6.45) is 4.06. The standard InChI is InChI=1S/C13H17N.ClH/c1-3-9-14-11-12(2)10-13-7-5-4-6-8-13;/h3-8,10,14H,1,9,11H2,2H3;1H. The maximum Gasteiger partial charge on any atom is 0.0168 e. The minimum Gasteiger partial charge on any atom is -0.310 e. The van der Waals surface area contributed by atoms with Gasteiger partial charge < -0.3 is 5.32 Å². The molecule has 0 fully saturated rings. The summed E-state index contributed by atoms with van der Waals surface area (Å²) in [5, 5.41) is 3.27. The van der Waals surface area contributed by atoms with Crippen LogP contribution in [-0.2, 0) is 0 Å². The third kappa shape index (κ3) is 6.10. The number of nitrogens with one attached hydrogen (secondary N) is 1. The van der Waals surface area contributed by atoms with Crippen LogP contribution in [0.15, 0.2) is 48.6 Å². The van der Waals surface area contributed by atoms with Crippen molar-refractivity contribution in [1.82, 2.24) is 5.32 Å². The van der Waals surface area contributed by atoms with Crippen LogP contribution in [-0.4, -0.2) is 13.1 Å². The third-order valence-corrected chi connectivity index (χ3v) is 1.91. The van der Waals surface area contributed by atoms with Crippen molar-refractivity contribution >= 4 is 18.5 Å². The fraction of sp³-hybridized carbons (Fsp3) is 0.231. The maximum absolute atomic E-state index is 3.66. The van der Waals surface area contributed by atoms with Crippen molar-refractivity contribution < 1.29 is 0 Å². The van der Waals surface area contributed by atoms with E-state index in [4.69, 9.17) is 0 Å². The van der Waals surface area contributed by atoms with Crippen LogP contribution in [0.3, 0.4) is 0 Å². The zero-order chi connectivity index (χ0) is 10.2. The maximum atomic E-state index is 3.66. The molecular formula is C13H18ClN. The lowest BCUT2D eigenvalue weighted by atomic mass is 10.1. The smallest absolute Gasteiger partial charge is 0.0168 e. The van der Waals surface area contributed by atoms with Crippen LogP contribution in [0.5, 0.6) is 0 Å². The molecule has 2 heteroatoms. The van der Waals surface area contributed by atoms with E-state index in [2.05, 4.69) is 49.2 Å². The molecule has 82 valence electrons. The first-order valence-corrected chi connectivity index (χ1v) is 4.87. The van der Waals surface area contributed by atoms with Crippen LogP contribution in [0.1, 0.15) is 12.5 Å². The van der Waals surface area contributed by atoms with Gasteiger partial charge >= 0.3 is 0 Å². The van der Waals surface area contributed by atoms with Crippen molar-refractivity contribution in [2.75, 3.05) is 13.1 Å². The van der Waals surface area contributed by atoms with Gasteiger partial charge in [0.2, 0.25) is 0 Å². The molecular weight excluding hydrogens is 206 g/mol. The molecule has 1 nitrogen and oxygen atoms in total. The molecule has 0 atom stereocenters. The Balaban J connectivity index is 0.00000196. The highest BCUT2D eigenvalue weighted by Crippen LogP contribution is 2.04. The van der Waals surface area contributed by atoms with Crippen molar-refractivity contribution in [3.8, 4) is 0 Å². The Kier molecular flexibility index (Phi) is 7.69. The molecule has 1 aromatic carbocycles. The SMILES string of the molecule is C=CCNCC(C)=Cc1ccccc1.Cl. The molecule has 1 N–H and O–H groups in total. The zero-order valence-corrected chi connectivity index (χ0v) is 9.89. The number of halogens is 1. The monoisotopic (exact) mass is 223 g/mol. The Bertz CT molecular complexity index is 304. The molecule has 15 heavy (non-hydrogen) atoms. The number of rotatable bonds is 5. The Morgan fingerprint density at radius 2 is 2.00 bits per heavy atom. The van der Waals surface area contributed by atoms with Gasteiger partial charge in [0, 0.05) is 13.1 Å². The Morgan fingerprint density at radius 1 is 1.33 bits per heavy atom. The summed E-state index contributed by atoms with van der Waals surface area (Å²) in [4.78, 5) is 0. The van der Waals surface area contributed by atoms with Crippen molar-refractivity contribution in [1.29, 1.82) is 0 Å². The van der Waals surface area contributed by atoms with E-state index in [1.807, 2.05) is 12.1 Å². The van der Waals surface area contributed by atoms with Gasteiger partial charge in [0.1, 0.15) is 0 Å². The zero-order valence-electron chi connectivity index (χ0n) is 9.07. The molecule has 0 bridgehead atoms. The summed E-state index contributed by atoms with van der Waals surface area (Å²) in [5.74, 6) is 0. The lowest BCUT2D eigenvalue weighted by molar-refractivity contribution is 0.818. The first kappa shape index (κ1) is 13.9. The van der Waals surface area contributed by atoms with Gasteiger partial charge in [-0.1, -0.05) is 48.1 Å².